The SMILES string of the molecule is COCc1c(C=NO)ncc2c1c1c(OCc3ccccc3)cccc1n2S(=O)(=O)c1ccc(C)cc1.Cl. The summed E-state index contributed by atoms with van der Waals surface area (Å²) in [6, 6.07) is 21.7. The maximum Gasteiger partial charge on any atom is 0.268 e. The quantitative estimate of drug-likeness (QED) is 0.151. The van der Waals surface area contributed by atoms with Crippen molar-refractivity contribution < 1.29 is 23.1 Å². The van der Waals surface area contributed by atoms with Crippen LogP contribution in [0, 0.1) is 6.92 Å². The molecule has 0 bridgehead atoms. The molecule has 8 nitrogen and oxygen atoms in total. The summed E-state index contributed by atoms with van der Waals surface area (Å²) in [5, 5.41) is 13.6. The van der Waals surface area contributed by atoms with Crippen molar-refractivity contribution in [1.29, 1.82) is 0 Å². The minimum atomic E-state index is -4.01. The van der Waals surface area contributed by atoms with Gasteiger partial charge in [0, 0.05) is 18.1 Å². The standard InChI is InChI=1S/C28H25N3O5S.ClH/c1-19-11-13-21(14-12-19)37(33,34)31-24-9-6-10-26(36-17-20-7-4-3-5-8-20)28(24)27-22(18-35-2)23(15-30-32)29-16-25(27)31;/h3-16,32H,17-18H2,1-2H3;1H. The first kappa shape index (κ1) is 27.1. The first-order valence-electron chi connectivity index (χ1n) is 11.6. The van der Waals surface area contributed by atoms with Crippen LogP contribution in [0.3, 0.4) is 0 Å². The second-order valence-corrected chi connectivity index (χ2v) is 10.4. The Balaban J connectivity index is 0.00000336. The predicted octanol–water partition coefficient (Wildman–Crippen LogP) is 5.69. The molecule has 0 spiro atoms. The minimum absolute atomic E-state index is 0. The Labute approximate surface area is 226 Å². The van der Waals surface area contributed by atoms with Crippen molar-refractivity contribution >= 4 is 50.5 Å². The van der Waals surface area contributed by atoms with Gasteiger partial charge in [-0.3, -0.25) is 4.98 Å². The topological polar surface area (TPSA) is 103 Å². The zero-order chi connectivity index (χ0) is 26.0. The maximum atomic E-state index is 14.0. The van der Waals surface area contributed by atoms with Crippen LogP contribution in [-0.4, -0.2) is 35.9 Å². The summed E-state index contributed by atoms with van der Waals surface area (Å²) in [6.45, 7) is 2.31. The monoisotopic (exact) mass is 551 g/mol. The van der Waals surface area contributed by atoms with Crippen LogP contribution < -0.4 is 4.74 Å². The summed E-state index contributed by atoms with van der Waals surface area (Å²) in [5.41, 5.74) is 3.68. The average Bonchev–Trinajstić information content (AvgIpc) is 3.26. The molecule has 3 aromatic carbocycles. The van der Waals surface area contributed by atoms with E-state index in [4.69, 9.17) is 9.47 Å². The fourth-order valence-electron chi connectivity index (χ4n) is 4.45. The predicted molar refractivity (Wildman–Crippen MR) is 149 cm³/mol. The molecule has 10 heteroatoms. The van der Waals surface area contributed by atoms with E-state index in [-0.39, 0.29) is 23.9 Å². The van der Waals surface area contributed by atoms with Crippen LogP contribution in [0.4, 0.5) is 0 Å². The smallest absolute Gasteiger partial charge is 0.268 e. The van der Waals surface area contributed by atoms with E-state index in [1.54, 1.807) is 36.4 Å². The van der Waals surface area contributed by atoms with Gasteiger partial charge in [0.15, 0.2) is 0 Å². The first-order chi connectivity index (χ1) is 18.0. The van der Waals surface area contributed by atoms with E-state index in [0.717, 1.165) is 11.1 Å². The summed E-state index contributed by atoms with van der Waals surface area (Å²) >= 11 is 0. The second kappa shape index (κ2) is 11.2. The zero-order valence-electron chi connectivity index (χ0n) is 20.7. The molecule has 5 aromatic rings. The number of fused-ring (bicyclic) bond motifs is 3. The molecule has 0 aliphatic heterocycles. The van der Waals surface area contributed by atoms with Gasteiger partial charge in [0.05, 0.1) is 46.0 Å². The number of oxime groups is 1. The Hall–Kier alpha value is -3.92. The van der Waals surface area contributed by atoms with Crippen LogP contribution in [-0.2, 0) is 28.0 Å². The fraction of sp³-hybridized carbons (Fsp3) is 0.143. The first-order valence-corrected chi connectivity index (χ1v) is 13.0. The minimum Gasteiger partial charge on any atom is -0.488 e. The van der Waals surface area contributed by atoms with Crippen molar-refractivity contribution in [3.8, 4) is 5.75 Å². The Morgan fingerprint density at radius 1 is 0.947 bits per heavy atom. The molecule has 0 saturated carbocycles. The van der Waals surface area contributed by atoms with Crippen LogP contribution >= 0.6 is 12.4 Å². The molecule has 0 atom stereocenters. The number of methoxy groups -OCH3 is 1. The van der Waals surface area contributed by atoms with E-state index in [2.05, 4.69) is 10.1 Å². The molecule has 0 radical (unpaired) electrons. The summed E-state index contributed by atoms with van der Waals surface area (Å²) in [6.07, 6.45) is 2.68. The lowest BCUT2D eigenvalue weighted by molar-refractivity contribution is 0.185. The molecule has 0 aliphatic carbocycles. The van der Waals surface area contributed by atoms with Crippen LogP contribution in [0.5, 0.6) is 5.75 Å². The summed E-state index contributed by atoms with van der Waals surface area (Å²) in [4.78, 5) is 4.55. The van der Waals surface area contributed by atoms with Crippen molar-refractivity contribution in [1.82, 2.24) is 8.96 Å². The van der Waals surface area contributed by atoms with E-state index in [1.807, 2.05) is 43.3 Å². The molecule has 1 N–H and O–H groups in total. The van der Waals surface area contributed by atoms with Crippen molar-refractivity contribution in [2.24, 2.45) is 5.16 Å². The number of halogens is 1. The van der Waals surface area contributed by atoms with Gasteiger partial charge >= 0.3 is 0 Å². The van der Waals surface area contributed by atoms with E-state index < -0.39 is 10.0 Å². The molecule has 196 valence electrons. The molecular weight excluding hydrogens is 526 g/mol. The summed E-state index contributed by atoms with van der Waals surface area (Å²) < 4.78 is 41.0. The molecule has 0 aliphatic rings. The Morgan fingerprint density at radius 2 is 1.68 bits per heavy atom. The van der Waals surface area contributed by atoms with Gasteiger partial charge in [-0.05, 0) is 36.8 Å². The molecule has 38 heavy (non-hydrogen) atoms. The number of hydrogen-bond acceptors (Lipinski definition) is 7. The Kier molecular flexibility index (Phi) is 8.01. The highest BCUT2D eigenvalue weighted by atomic mass is 35.5. The van der Waals surface area contributed by atoms with E-state index in [9.17, 15) is 13.6 Å². The van der Waals surface area contributed by atoms with E-state index >= 15 is 0 Å². The van der Waals surface area contributed by atoms with Gasteiger partial charge in [0.2, 0.25) is 0 Å². The van der Waals surface area contributed by atoms with Gasteiger partial charge in [-0.15, -0.1) is 12.4 Å². The Morgan fingerprint density at radius 3 is 2.37 bits per heavy atom. The molecule has 5 rings (SSSR count). The third-order valence-corrected chi connectivity index (χ3v) is 7.89. The van der Waals surface area contributed by atoms with Crippen LogP contribution in [0.25, 0.3) is 21.8 Å². The van der Waals surface area contributed by atoms with Gasteiger partial charge in [-0.25, -0.2) is 12.4 Å². The van der Waals surface area contributed by atoms with Gasteiger partial charge in [-0.1, -0.05) is 59.3 Å². The normalized spacial score (nSPS) is 11.7. The number of pyridine rings is 1. The lowest BCUT2D eigenvalue weighted by Gasteiger charge is -2.11. The molecular formula is C28H26ClN3O5S. The number of aromatic nitrogens is 2. The fourth-order valence-corrected chi connectivity index (χ4v) is 5.94. The molecule has 0 amide bonds. The third kappa shape index (κ3) is 4.83. The lowest BCUT2D eigenvalue weighted by Crippen LogP contribution is -2.13. The van der Waals surface area contributed by atoms with Crippen LogP contribution in [0.15, 0.2) is 89.0 Å². The maximum absolute atomic E-state index is 14.0. The highest BCUT2D eigenvalue weighted by molar-refractivity contribution is 7.90. The molecule has 0 fully saturated rings. The van der Waals surface area contributed by atoms with Crippen molar-refractivity contribution in [3.05, 3.63) is 101 Å². The molecule has 0 unspecified atom stereocenters. The second-order valence-electron chi connectivity index (χ2n) is 8.57. The highest BCUT2D eigenvalue weighted by Gasteiger charge is 2.27. The average molecular weight is 552 g/mol. The van der Waals surface area contributed by atoms with E-state index in [0.29, 0.717) is 45.4 Å². The number of rotatable bonds is 8. The van der Waals surface area contributed by atoms with Gasteiger partial charge in [0.25, 0.3) is 10.0 Å². The summed E-state index contributed by atoms with van der Waals surface area (Å²) in [7, 11) is -2.47. The van der Waals surface area contributed by atoms with Gasteiger partial charge in [-0.2, -0.15) is 0 Å². The number of ether oxygens (including phenoxy) is 2. The number of nitrogens with zero attached hydrogens (tertiary/aromatic N) is 3. The number of aryl methyl sites for hydroxylation is 1. The van der Waals surface area contributed by atoms with Crippen molar-refractivity contribution in [2.45, 2.75) is 25.0 Å². The van der Waals surface area contributed by atoms with Crippen LogP contribution in [0.2, 0.25) is 0 Å². The van der Waals surface area contributed by atoms with E-state index in [1.165, 1.54) is 23.5 Å². The zero-order valence-corrected chi connectivity index (χ0v) is 22.4. The molecule has 2 aromatic heterocycles. The van der Waals surface area contributed by atoms with Gasteiger partial charge < -0.3 is 14.7 Å². The van der Waals surface area contributed by atoms with Crippen molar-refractivity contribution in [3.63, 3.8) is 0 Å². The van der Waals surface area contributed by atoms with Crippen molar-refractivity contribution in [2.75, 3.05) is 7.11 Å². The summed E-state index contributed by atoms with van der Waals surface area (Å²) in [5.74, 6) is 0.514. The molecule has 2 heterocycles. The number of hydrogen-bond donors (Lipinski definition) is 1. The lowest BCUT2D eigenvalue weighted by atomic mass is 10.1. The van der Waals surface area contributed by atoms with Crippen LogP contribution in [0.1, 0.15) is 22.4 Å². The number of benzene rings is 3. The highest BCUT2D eigenvalue weighted by Crippen LogP contribution is 2.40. The molecule has 0 saturated heterocycles. The van der Waals surface area contributed by atoms with Gasteiger partial charge in [0.1, 0.15) is 12.4 Å². The largest absolute Gasteiger partial charge is 0.488 e. The third-order valence-electron chi connectivity index (χ3n) is 6.15. The Bertz CT molecular complexity index is 1720.